The first-order valence-electron chi connectivity index (χ1n) is 5.91. The number of hydrogen-bond acceptors (Lipinski definition) is 2. The molecule has 1 N–H and O–H groups in total. The Kier molecular flexibility index (Phi) is 4.82. The summed E-state index contributed by atoms with van der Waals surface area (Å²) in [6.45, 7) is 2.97. The first-order valence-corrected chi connectivity index (χ1v) is 6.70. The smallest absolute Gasteiger partial charge is 0.0700 e. The van der Waals surface area contributed by atoms with Crippen LogP contribution >= 0.6 is 15.9 Å². The third-order valence-electron chi connectivity index (χ3n) is 2.90. The topological polar surface area (TPSA) is 21.3 Å². The third-order valence-corrected chi connectivity index (χ3v) is 3.43. The van der Waals surface area contributed by atoms with Crippen LogP contribution in [0.15, 0.2) is 28.7 Å². The van der Waals surface area contributed by atoms with Crippen LogP contribution in [-0.2, 0) is 11.2 Å². The predicted octanol–water partition coefficient (Wildman–Crippen LogP) is 2.76. The van der Waals surface area contributed by atoms with Crippen LogP contribution in [0.3, 0.4) is 0 Å². The van der Waals surface area contributed by atoms with Gasteiger partial charge in [0.05, 0.1) is 6.10 Å². The Morgan fingerprint density at radius 2 is 2.12 bits per heavy atom. The first kappa shape index (κ1) is 12.1. The van der Waals surface area contributed by atoms with Crippen molar-refractivity contribution in [2.24, 2.45) is 0 Å². The molecule has 1 fully saturated rings. The summed E-state index contributed by atoms with van der Waals surface area (Å²) in [5, 5.41) is 3.45. The molecule has 16 heavy (non-hydrogen) atoms. The Hall–Kier alpha value is -0.380. The van der Waals surface area contributed by atoms with Crippen LogP contribution in [0.25, 0.3) is 0 Å². The molecule has 0 saturated carbocycles. The molecule has 88 valence electrons. The zero-order chi connectivity index (χ0) is 11.2. The predicted molar refractivity (Wildman–Crippen MR) is 69.7 cm³/mol. The molecule has 1 aromatic rings. The molecule has 1 heterocycles. The van der Waals surface area contributed by atoms with Gasteiger partial charge in [-0.05, 0) is 43.5 Å². The Balaban J connectivity index is 1.62. The monoisotopic (exact) mass is 283 g/mol. The van der Waals surface area contributed by atoms with Crippen molar-refractivity contribution in [2.45, 2.75) is 25.4 Å². The number of ether oxygens (including phenoxy) is 1. The minimum absolute atomic E-state index is 0.449. The summed E-state index contributed by atoms with van der Waals surface area (Å²) in [7, 11) is 0. The van der Waals surface area contributed by atoms with Crippen LogP contribution in [0.1, 0.15) is 18.4 Å². The van der Waals surface area contributed by atoms with Gasteiger partial charge in [-0.1, -0.05) is 28.1 Å². The van der Waals surface area contributed by atoms with Crippen molar-refractivity contribution in [3.05, 3.63) is 34.3 Å². The van der Waals surface area contributed by atoms with E-state index in [1.54, 1.807) is 0 Å². The highest BCUT2D eigenvalue weighted by atomic mass is 79.9. The molecule has 1 aromatic carbocycles. The maximum Gasteiger partial charge on any atom is 0.0700 e. The van der Waals surface area contributed by atoms with Crippen molar-refractivity contribution in [3.63, 3.8) is 0 Å². The van der Waals surface area contributed by atoms with Gasteiger partial charge >= 0.3 is 0 Å². The van der Waals surface area contributed by atoms with E-state index in [0.717, 1.165) is 30.6 Å². The molecule has 0 amide bonds. The highest BCUT2D eigenvalue weighted by molar-refractivity contribution is 9.10. The zero-order valence-electron chi connectivity index (χ0n) is 9.42. The zero-order valence-corrected chi connectivity index (χ0v) is 11.0. The molecule has 1 aliphatic rings. The molecule has 1 unspecified atom stereocenters. The Morgan fingerprint density at radius 3 is 2.81 bits per heavy atom. The number of benzene rings is 1. The molecule has 0 aliphatic carbocycles. The van der Waals surface area contributed by atoms with Gasteiger partial charge < -0.3 is 10.1 Å². The molecule has 0 radical (unpaired) electrons. The van der Waals surface area contributed by atoms with E-state index >= 15 is 0 Å². The summed E-state index contributed by atoms with van der Waals surface area (Å²) in [6, 6.07) is 8.51. The second-order valence-corrected chi connectivity index (χ2v) is 5.13. The van der Waals surface area contributed by atoms with Gasteiger partial charge in [-0.3, -0.25) is 0 Å². The van der Waals surface area contributed by atoms with Crippen molar-refractivity contribution in [1.82, 2.24) is 5.32 Å². The van der Waals surface area contributed by atoms with Crippen molar-refractivity contribution in [3.8, 4) is 0 Å². The third kappa shape index (κ3) is 3.89. The molecule has 0 spiro atoms. The van der Waals surface area contributed by atoms with E-state index in [1.807, 2.05) is 0 Å². The average Bonchev–Trinajstić information content (AvgIpc) is 2.80. The fraction of sp³-hybridized carbons (Fsp3) is 0.538. The lowest BCUT2D eigenvalue weighted by atomic mass is 10.1. The minimum atomic E-state index is 0.449. The van der Waals surface area contributed by atoms with Gasteiger partial charge in [-0.25, -0.2) is 0 Å². The van der Waals surface area contributed by atoms with Gasteiger partial charge in [-0.15, -0.1) is 0 Å². The quantitative estimate of drug-likeness (QED) is 0.839. The van der Waals surface area contributed by atoms with Gasteiger partial charge in [0.2, 0.25) is 0 Å². The first-order chi connectivity index (χ1) is 7.84. The Bertz CT molecular complexity index is 306. The van der Waals surface area contributed by atoms with E-state index in [-0.39, 0.29) is 0 Å². The lowest BCUT2D eigenvalue weighted by Crippen LogP contribution is -2.27. The summed E-state index contributed by atoms with van der Waals surface area (Å²) >= 11 is 3.44. The second-order valence-electron chi connectivity index (χ2n) is 4.22. The van der Waals surface area contributed by atoms with Gasteiger partial charge in [-0.2, -0.15) is 0 Å². The van der Waals surface area contributed by atoms with Gasteiger partial charge in [0, 0.05) is 17.6 Å². The van der Waals surface area contributed by atoms with E-state index in [2.05, 4.69) is 45.5 Å². The van der Waals surface area contributed by atoms with Gasteiger partial charge in [0.1, 0.15) is 0 Å². The number of halogens is 1. The molecular weight excluding hydrogens is 266 g/mol. The maximum atomic E-state index is 5.55. The van der Waals surface area contributed by atoms with Crippen molar-refractivity contribution < 1.29 is 4.74 Å². The summed E-state index contributed by atoms with van der Waals surface area (Å²) in [5.41, 5.74) is 1.38. The summed E-state index contributed by atoms with van der Waals surface area (Å²) in [5.74, 6) is 0. The van der Waals surface area contributed by atoms with E-state index in [9.17, 15) is 0 Å². The summed E-state index contributed by atoms with van der Waals surface area (Å²) < 4.78 is 6.69. The summed E-state index contributed by atoms with van der Waals surface area (Å²) in [4.78, 5) is 0. The summed E-state index contributed by atoms with van der Waals surface area (Å²) in [6.07, 6.45) is 3.97. The Labute approximate surface area is 106 Å². The van der Waals surface area contributed by atoms with Crippen LogP contribution in [-0.4, -0.2) is 25.8 Å². The molecule has 1 saturated heterocycles. The van der Waals surface area contributed by atoms with Crippen LogP contribution in [0.2, 0.25) is 0 Å². The van der Waals surface area contributed by atoms with Crippen LogP contribution in [0, 0.1) is 0 Å². The largest absolute Gasteiger partial charge is 0.377 e. The lowest BCUT2D eigenvalue weighted by Gasteiger charge is -2.10. The molecule has 2 rings (SSSR count). The number of nitrogens with one attached hydrogen (secondary N) is 1. The molecular formula is C13H18BrNO. The van der Waals surface area contributed by atoms with Crippen LogP contribution < -0.4 is 5.32 Å². The molecule has 3 heteroatoms. The van der Waals surface area contributed by atoms with Crippen LogP contribution in [0.4, 0.5) is 0 Å². The molecule has 2 nitrogen and oxygen atoms in total. The fourth-order valence-corrected chi connectivity index (χ4v) is 2.22. The number of hydrogen-bond donors (Lipinski definition) is 1. The number of rotatable bonds is 5. The SMILES string of the molecule is Brc1ccc(CCNCC2CCCO2)cc1. The normalized spacial score (nSPS) is 20.2. The van der Waals surface area contributed by atoms with Crippen molar-refractivity contribution >= 4 is 15.9 Å². The average molecular weight is 284 g/mol. The van der Waals surface area contributed by atoms with Gasteiger partial charge in [0.25, 0.3) is 0 Å². The van der Waals surface area contributed by atoms with Gasteiger partial charge in [0.15, 0.2) is 0 Å². The molecule has 0 aromatic heterocycles. The minimum Gasteiger partial charge on any atom is -0.377 e. The molecule has 1 aliphatic heterocycles. The highest BCUT2D eigenvalue weighted by Crippen LogP contribution is 2.11. The van der Waals surface area contributed by atoms with E-state index in [0.29, 0.717) is 6.10 Å². The van der Waals surface area contributed by atoms with E-state index < -0.39 is 0 Å². The van der Waals surface area contributed by atoms with E-state index in [4.69, 9.17) is 4.74 Å². The fourth-order valence-electron chi connectivity index (χ4n) is 1.95. The molecule has 0 bridgehead atoms. The second kappa shape index (κ2) is 6.38. The molecule has 1 atom stereocenters. The standard InChI is InChI=1S/C13H18BrNO/c14-12-5-3-11(4-6-12)7-8-15-10-13-2-1-9-16-13/h3-6,13,15H,1-2,7-10H2. The van der Waals surface area contributed by atoms with Crippen LogP contribution in [0.5, 0.6) is 0 Å². The lowest BCUT2D eigenvalue weighted by molar-refractivity contribution is 0.110. The van der Waals surface area contributed by atoms with Crippen molar-refractivity contribution in [1.29, 1.82) is 0 Å². The maximum absolute atomic E-state index is 5.55. The Morgan fingerprint density at radius 1 is 1.31 bits per heavy atom. The van der Waals surface area contributed by atoms with Crippen molar-refractivity contribution in [2.75, 3.05) is 19.7 Å². The van der Waals surface area contributed by atoms with E-state index in [1.165, 1.54) is 18.4 Å². The highest BCUT2D eigenvalue weighted by Gasteiger charge is 2.13.